The van der Waals surface area contributed by atoms with Crippen LogP contribution in [0, 0.1) is 4.77 Å². The van der Waals surface area contributed by atoms with E-state index in [0.717, 1.165) is 16.8 Å². The average Bonchev–Trinajstić information content (AvgIpc) is 2.56. The van der Waals surface area contributed by atoms with Crippen molar-refractivity contribution in [1.29, 1.82) is 0 Å². The third-order valence-corrected chi connectivity index (χ3v) is 2.77. The molecule has 1 amide bonds. The van der Waals surface area contributed by atoms with Gasteiger partial charge in [-0.15, -0.1) is 0 Å². The molecule has 0 aliphatic heterocycles. The van der Waals surface area contributed by atoms with Gasteiger partial charge in [-0.2, -0.15) is 0 Å². The van der Waals surface area contributed by atoms with E-state index in [4.69, 9.17) is 22.7 Å². The minimum absolute atomic E-state index is 0.0595. The van der Waals surface area contributed by atoms with Crippen molar-refractivity contribution in [3.63, 3.8) is 0 Å². The molecule has 3 N–H and O–H groups in total. The highest BCUT2D eigenvalue weighted by Crippen LogP contribution is 2.25. The van der Waals surface area contributed by atoms with Crippen LogP contribution in [0.4, 0.5) is 0 Å². The van der Waals surface area contributed by atoms with Gasteiger partial charge in [0.2, 0.25) is 5.91 Å². The van der Waals surface area contributed by atoms with Gasteiger partial charge in [-0.1, -0.05) is 6.07 Å². The first-order valence-corrected chi connectivity index (χ1v) is 6.06. The Labute approximate surface area is 110 Å². The number of aromatic amines is 1. The summed E-state index contributed by atoms with van der Waals surface area (Å²) in [5, 5.41) is 0. The van der Waals surface area contributed by atoms with Crippen molar-refractivity contribution < 1.29 is 9.53 Å². The molecule has 18 heavy (non-hydrogen) atoms. The van der Waals surface area contributed by atoms with E-state index < -0.39 is 5.91 Å². The topological polar surface area (TPSA) is 73.0 Å². The van der Waals surface area contributed by atoms with Gasteiger partial charge in [-0.3, -0.25) is 4.79 Å². The van der Waals surface area contributed by atoms with Gasteiger partial charge in [0.1, 0.15) is 17.8 Å². The van der Waals surface area contributed by atoms with Crippen LogP contribution in [0.25, 0.3) is 11.0 Å². The lowest BCUT2D eigenvalue weighted by atomic mass is 10.3. The number of nitrogens with zero attached hydrogens (tertiary/aromatic N) is 1. The number of hydrogen-bond donors (Lipinski definition) is 2. The average molecular weight is 265 g/mol. The maximum Gasteiger partial charge on any atom is 0.237 e. The second kappa shape index (κ2) is 4.81. The van der Waals surface area contributed by atoms with Crippen molar-refractivity contribution >= 4 is 29.2 Å². The van der Waals surface area contributed by atoms with Gasteiger partial charge in [-0.25, -0.2) is 0 Å². The second-order valence-corrected chi connectivity index (χ2v) is 4.69. The highest BCUT2D eigenvalue weighted by Gasteiger charge is 2.11. The summed E-state index contributed by atoms with van der Waals surface area (Å²) in [4.78, 5) is 14.1. The number of nitrogens with two attached hydrogens (primary N) is 1. The van der Waals surface area contributed by atoms with Crippen LogP contribution in [-0.2, 0) is 11.3 Å². The number of imidazole rings is 1. The fourth-order valence-corrected chi connectivity index (χ4v) is 2.08. The number of hydrogen-bond acceptors (Lipinski definition) is 3. The second-order valence-electron chi connectivity index (χ2n) is 4.30. The molecule has 2 aromatic rings. The maximum absolute atomic E-state index is 11.0. The fraction of sp³-hybridized carbons (Fsp3) is 0.333. The number of fused-ring (bicyclic) bond motifs is 1. The van der Waals surface area contributed by atoms with Gasteiger partial charge < -0.3 is 20.0 Å². The smallest absolute Gasteiger partial charge is 0.237 e. The van der Waals surface area contributed by atoms with E-state index in [2.05, 4.69) is 4.98 Å². The Bertz CT molecular complexity index is 642. The number of ether oxygens (including phenoxy) is 1. The summed E-state index contributed by atoms with van der Waals surface area (Å²) in [5.74, 6) is 0.291. The summed E-state index contributed by atoms with van der Waals surface area (Å²) in [6.07, 6.45) is 0.0667. The molecule has 0 fully saturated rings. The normalized spacial score (nSPS) is 11.1. The lowest BCUT2D eigenvalue weighted by Crippen LogP contribution is -2.18. The van der Waals surface area contributed by atoms with Gasteiger partial charge in [0, 0.05) is 0 Å². The van der Waals surface area contributed by atoms with Crippen LogP contribution >= 0.6 is 12.2 Å². The Morgan fingerprint density at radius 2 is 2.28 bits per heavy atom. The number of carbonyl (C=O) groups is 1. The molecule has 0 saturated carbocycles. The monoisotopic (exact) mass is 265 g/mol. The minimum atomic E-state index is -0.429. The molecular weight excluding hydrogens is 250 g/mol. The van der Waals surface area contributed by atoms with Crippen molar-refractivity contribution in [1.82, 2.24) is 9.55 Å². The standard InChI is InChI=1S/C12H15N3O2S/c1-7(2)17-9-5-3-4-8-11(9)14-12(18)15(8)6-10(13)16/h3-5,7H,6H2,1-2H3,(H2,13,16)(H,14,18). The summed E-state index contributed by atoms with van der Waals surface area (Å²) < 4.78 is 7.82. The zero-order valence-electron chi connectivity index (χ0n) is 10.3. The van der Waals surface area contributed by atoms with Crippen molar-refractivity contribution in [2.75, 3.05) is 0 Å². The number of carbonyl (C=O) groups excluding carboxylic acids is 1. The lowest BCUT2D eigenvalue weighted by Gasteiger charge is -2.10. The number of rotatable bonds is 4. The molecule has 5 nitrogen and oxygen atoms in total. The third kappa shape index (κ3) is 2.38. The molecule has 0 aliphatic carbocycles. The molecule has 0 radical (unpaired) electrons. The molecule has 0 bridgehead atoms. The van der Waals surface area contributed by atoms with Crippen molar-refractivity contribution in [2.45, 2.75) is 26.5 Å². The Balaban J connectivity index is 2.59. The summed E-state index contributed by atoms with van der Waals surface area (Å²) >= 11 is 5.19. The quantitative estimate of drug-likeness (QED) is 0.830. The van der Waals surface area contributed by atoms with Crippen molar-refractivity contribution in [3.8, 4) is 5.75 Å². The highest BCUT2D eigenvalue weighted by molar-refractivity contribution is 7.71. The van der Waals surface area contributed by atoms with E-state index in [0.29, 0.717) is 4.77 Å². The first kappa shape index (κ1) is 12.6. The van der Waals surface area contributed by atoms with Gasteiger partial charge in [0.05, 0.1) is 11.6 Å². The van der Waals surface area contributed by atoms with E-state index in [1.807, 2.05) is 32.0 Å². The Hall–Kier alpha value is -1.82. The van der Waals surface area contributed by atoms with Crippen LogP contribution in [0.5, 0.6) is 5.75 Å². The molecule has 6 heteroatoms. The number of primary amides is 1. The van der Waals surface area contributed by atoms with E-state index in [9.17, 15) is 4.79 Å². The fourth-order valence-electron chi connectivity index (χ4n) is 1.82. The maximum atomic E-state index is 11.0. The van der Waals surface area contributed by atoms with Gasteiger partial charge >= 0.3 is 0 Å². The zero-order valence-corrected chi connectivity index (χ0v) is 11.1. The Morgan fingerprint density at radius 1 is 1.56 bits per heavy atom. The molecule has 1 aromatic carbocycles. The molecule has 1 aromatic heterocycles. The number of para-hydroxylation sites is 1. The van der Waals surface area contributed by atoms with E-state index in [1.54, 1.807) is 4.57 Å². The number of aromatic nitrogens is 2. The van der Waals surface area contributed by atoms with Gasteiger partial charge in [-0.05, 0) is 38.2 Å². The Morgan fingerprint density at radius 3 is 2.89 bits per heavy atom. The Kier molecular flexibility index (Phi) is 3.38. The molecular formula is C12H15N3O2S. The third-order valence-electron chi connectivity index (χ3n) is 2.45. The number of amides is 1. The number of benzene rings is 1. The molecule has 0 spiro atoms. The first-order valence-electron chi connectivity index (χ1n) is 5.65. The molecule has 1 heterocycles. The van der Waals surface area contributed by atoms with Gasteiger partial charge in [0.15, 0.2) is 4.77 Å². The molecule has 0 aliphatic rings. The van der Waals surface area contributed by atoms with Crippen LogP contribution in [0.15, 0.2) is 18.2 Å². The van der Waals surface area contributed by atoms with Crippen LogP contribution < -0.4 is 10.5 Å². The van der Waals surface area contributed by atoms with Crippen LogP contribution in [-0.4, -0.2) is 21.6 Å². The van der Waals surface area contributed by atoms with E-state index >= 15 is 0 Å². The molecule has 0 atom stereocenters. The molecule has 0 saturated heterocycles. The summed E-state index contributed by atoms with van der Waals surface area (Å²) in [6.45, 7) is 3.96. The SMILES string of the molecule is CC(C)Oc1cccc2c1[nH]c(=S)n2CC(N)=O. The summed E-state index contributed by atoms with van der Waals surface area (Å²) in [5.41, 5.74) is 6.82. The number of nitrogens with one attached hydrogen (secondary N) is 1. The predicted octanol–water partition coefficient (Wildman–Crippen LogP) is 1.97. The summed E-state index contributed by atoms with van der Waals surface area (Å²) in [7, 11) is 0. The number of H-pyrrole nitrogens is 1. The molecule has 0 unspecified atom stereocenters. The van der Waals surface area contributed by atoms with Crippen LogP contribution in [0.3, 0.4) is 0 Å². The molecule has 96 valence electrons. The van der Waals surface area contributed by atoms with Gasteiger partial charge in [0.25, 0.3) is 0 Å². The predicted molar refractivity (Wildman–Crippen MR) is 72.1 cm³/mol. The minimum Gasteiger partial charge on any atom is -0.489 e. The van der Waals surface area contributed by atoms with Crippen molar-refractivity contribution in [2.24, 2.45) is 5.73 Å². The van der Waals surface area contributed by atoms with Crippen molar-refractivity contribution in [3.05, 3.63) is 23.0 Å². The first-order chi connectivity index (χ1) is 8.49. The van der Waals surface area contributed by atoms with E-state index in [1.165, 1.54) is 0 Å². The van der Waals surface area contributed by atoms with Crippen LogP contribution in [0.2, 0.25) is 0 Å². The zero-order chi connectivity index (χ0) is 13.3. The largest absolute Gasteiger partial charge is 0.489 e. The lowest BCUT2D eigenvalue weighted by molar-refractivity contribution is -0.118. The van der Waals surface area contributed by atoms with Crippen LogP contribution in [0.1, 0.15) is 13.8 Å². The summed E-state index contributed by atoms with van der Waals surface area (Å²) in [6, 6.07) is 5.60. The highest BCUT2D eigenvalue weighted by atomic mass is 32.1. The van der Waals surface area contributed by atoms with E-state index in [-0.39, 0.29) is 12.6 Å². The molecule has 2 rings (SSSR count).